The van der Waals surface area contributed by atoms with Crippen molar-refractivity contribution in [3.8, 4) is 0 Å². The number of thiazole rings is 1. The summed E-state index contributed by atoms with van der Waals surface area (Å²) in [6.07, 6.45) is 3.00. The van der Waals surface area contributed by atoms with E-state index >= 15 is 0 Å². The molecule has 0 spiro atoms. The molecule has 0 radical (unpaired) electrons. The Morgan fingerprint density at radius 3 is 2.75 bits per heavy atom. The summed E-state index contributed by atoms with van der Waals surface area (Å²) in [6, 6.07) is 0. The minimum absolute atomic E-state index is 0.171. The molecule has 0 aliphatic carbocycles. The third-order valence-corrected chi connectivity index (χ3v) is 4.17. The molecule has 86 valence electrons. The van der Waals surface area contributed by atoms with Gasteiger partial charge in [-0.25, -0.2) is 13.4 Å². The third kappa shape index (κ3) is 2.07. The van der Waals surface area contributed by atoms with Crippen LogP contribution in [-0.2, 0) is 17.1 Å². The number of anilines is 1. The zero-order valence-corrected chi connectivity index (χ0v) is 10.3. The number of aryl methyl sites for hydroxylation is 2. The van der Waals surface area contributed by atoms with Crippen LogP contribution < -0.4 is 4.72 Å². The van der Waals surface area contributed by atoms with Crippen LogP contribution in [0.2, 0.25) is 0 Å². The number of nitrogens with one attached hydrogen (secondary N) is 1. The Balaban J connectivity index is 2.36. The largest absolute Gasteiger partial charge is 0.274 e. The van der Waals surface area contributed by atoms with Gasteiger partial charge in [-0.2, -0.15) is 5.10 Å². The first-order valence-corrected chi connectivity index (χ1v) is 6.78. The van der Waals surface area contributed by atoms with E-state index < -0.39 is 10.0 Å². The van der Waals surface area contributed by atoms with Crippen LogP contribution in [0, 0.1) is 6.92 Å². The summed E-state index contributed by atoms with van der Waals surface area (Å²) in [5, 5.41) is 6.04. The molecule has 0 fully saturated rings. The number of hydrogen-bond acceptors (Lipinski definition) is 5. The van der Waals surface area contributed by atoms with Crippen LogP contribution in [0.4, 0.5) is 5.13 Å². The van der Waals surface area contributed by atoms with Crippen molar-refractivity contribution >= 4 is 26.5 Å². The first-order valence-electron chi connectivity index (χ1n) is 4.41. The second-order valence-corrected chi connectivity index (χ2v) is 5.74. The molecule has 0 atom stereocenters. The molecule has 8 heteroatoms. The molecule has 1 N–H and O–H groups in total. The van der Waals surface area contributed by atoms with Crippen molar-refractivity contribution in [2.45, 2.75) is 11.8 Å². The predicted octanol–water partition coefficient (Wildman–Crippen LogP) is 0.986. The van der Waals surface area contributed by atoms with Gasteiger partial charge in [0.2, 0.25) is 0 Å². The summed E-state index contributed by atoms with van der Waals surface area (Å²) in [4.78, 5) is 4.04. The van der Waals surface area contributed by atoms with Gasteiger partial charge in [0.25, 0.3) is 10.0 Å². The fourth-order valence-electron chi connectivity index (χ4n) is 1.29. The molecular formula is C8H10N4O2S2. The second-order valence-electron chi connectivity index (χ2n) is 3.20. The zero-order valence-electron chi connectivity index (χ0n) is 8.71. The van der Waals surface area contributed by atoms with Gasteiger partial charge >= 0.3 is 0 Å². The fourth-order valence-corrected chi connectivity index (χ4v) is 3.29. The van der Waals surface area contributed by atoms with Crippen LogP contribution in [0.3, 0.4) is 0 Å². The van der Waals surface area contributed by atoms with Gasteiger partial charge in [-0.05, 0) is 6.92 Å². The Hall–Kier alpha value is -1.41. The van der Waals surface area contributed by atoms with Crippen LogP contribution in [0.25, 0.3) is 0 Å². The van der Waals surface area contributed by atoms with Crippen LogP contribution in [0.15, 0.2) is 22.7 Å². The van der Waals surface area contributed by atoms with E-state index in [0.29, 0.717) is 10.8 Å². The van der Waals surface area contributed by atoms with Crippen LogP contribution in [-0.4, -0.2) is 23.2 Å². The summed E-state index contributed by atoms with van der Waals surface area (Å²) in [6.45, 7) is 1.65. The van der Waals surface area contributed by atoms with Crippen LogP contribution >= 0.6 is 11.3 Å². The quantitative estimate of drug-likeness (QED) is 0.890. The van der Waals surface area contributed by atoms with Crippen molar-refractivity contribution in [2.24, 2.45) is 7.05 Å². The predicted molar refractivity (Wildman–Crippen MR) is 60.9 cm³/mol. The summed E-state index contributed by atoms with van der Waals surface area (Å²) in [5.74, 6) is 0. The number of sulfonamides is 1. The topological polar surface area (TPSA) is 76.9 Å². The van der Waals surface area contributed by atoms with E-state index in [2.05, 4.69) is 14.8 Å². The van der Waals surface area contributed by atoms with E-state index in [1.807, 2.05) is 0 Å². The molecular weight excluding hydrogens is 248 g/mol. The average molecular weight is 258 g/mol. The lowest BCUT2D eigenvalue weighted by atomic mass is 10.5. The Bertz CT molecular complexity index is 586. The van der Waals surface area contributed by atoms with E-state index in [4.69, 9.17) is 0 Å². The number of rotatable bonds is 3. The molecule has 16 heavy (non-hydrogen) atoms. The maximum Gasteiger partial charge on any atom is 0.267 e. The molecule has 2 rings (SSSR count). The number of nitrogens with zero attached hydrogens (tertiary/aromatic N) is 3. The zero-order chi connectivity index (χ0) is 11.8. The van der Waals surface area contributed by atoms with Gasteiger partial charge in [0.15, 0.2) is 5.13 Å². The Morgan fingerprint density at radius 2 is 2.25 bits per heavy atom. The maximum atomic E-state index is 11.9. The van der Waals surface area contributed by atoms with Gasteiger partial charge < -0.3 is 0 Å². The third-order valence-electron chi connectivity index (χ3n) is 1.91. The van der Waals surface area contributed by atoms with E-state index in [1.54, 1.807) is 25.5 Å². The molecule has 0 unspecified atom stereocenters. The highest BCUT2D eigenvalue weighted by Gasteiger charge is 2.20. The first-order chi connectivity index (χ1) is 7.49. The molecule has 0 aliphatic heterocycles. The summed E-state index contributed by atoms with van der Waals surface area (Å²) in [7, 11) is -1.90. The van der Waals surface area contributed by atoms with Gasteiger partial charge in [-0.3, -0.25) is 9.40 Å². The lowest BCUT2D eigenvalue weighted by molar-refractivity contribution is 0.600. The molecule has 0 amide bonds. The minimum atomic E-state index is -3.58. The molecule has 2 aromatic heterocycles. The van der Waals surface area contributed by atoms with E-state index in [0.717, 1.165) is 0 Å². The SMILES string of the molecule is Cc1nn(C)cc1S(=O)(=O)Nc1nccs1. The van der Waals surface area contributed by atoms with Gasteiger partial charge in [0.05, 0.1) is 5.69 Å². The summed E-state index contributed by atoms with van der Waals surface area (Å²) in [5.41, 5.74) is 0.464. The summed E-state index contributed by atoms with van der Waals surface area (Å²) >= 11 is 1.23. The number of hydrogen-bond donors (Lipinski definition) is 1. The average Bonchev–Trinajstić information content (AvgIpc) is 2.75. The highest BCUT2D eigenvalue weighted by molar-refractivity contribution is 7.93. The standard InChI is InChI=1S/C8H10N4O2S2/c1-6-7(5-12(2)10-6)16(13,14)11-8-9-3-4-15-8/h3-5H,1-2H3,(H,9,11). The van der Waals surface area contributed by atoms with E-state index in [1.165, 1.54) is 22.2 Å². The highest BCUT2D eigenvalue weighted by Crippen LogP contribution is 2.19. The molecule has 2 heterocycles. The summed E-state index contributed by atoms with van der Waals surface area (Å²) < 4.78 is 27.7. The smallest absolute Gasteiger partial charge is 0.267 e. The van der Waals surface area contributed by atoms with Crippen molar-refractivity contribution in [3.05, 3.63) is 23.5 Å². The van der Waals surface area contributed by atoms with Crippen LogP contribution in [0.1, 0.15) is 5.69 Å². The second kappa shape index (κ2) is 3.87. The minimum Gasteiger partial charge on any atom is -0.274 e. The van der Waals surface area contributed by atoms with E-state index in [9.17, 15) is 8.42 Å². The van der Waals surface area contributed by atoms with E-state index in [-0.39, 0.29) is 4.90 Å². The number of aromatic nitrogens is 3. The van der Waals surface area contributed by atoms with Gasteiger partial charge in [-0.15, -0.1) is 11.3 Å². The van der Waals surface area contributed by atoms with Crippen molar-refractivity contribution in [3.63, 3.8) is 0 Å². The lowest BCUT2D eigenvalue weighted by Gasteiger charge is -2.02. The normalized spacial score (nSPS) is 11.6. The Kier molecular flexibility index (Phi) is 2.68. The monoisotopic (exact) mass is 258 g/mol. The van der Waals surface area contributed by atoms with Gasteiger partial charge in [0.1, 0.15) is 4.90 Å². The van der Waals surface area contributed by atoms with Crippen molar-refractivity contribution in [1.82, 2.24) is 14.8 Å². The van der Waals surface area contributed by atoms with Crippen LogP contribution in [0.5, 0.6) is 0 Å². The maximum absolute atomic E-state index is 11.9. The molecule has 0 aliphatic rings. The molecule has 6 nitrogen and oxygen atoms in total. The molecule has 0 saturated heterocycles. The Morgan fingerprint density at radius 1 is 1.50 bits per heavy atom. The highest BCUT2D eigenvalue weighted by atomic mass is 32.2. The molecule has 0 aromatic carbocycles. The Labute approximate surface area is 97.0 Å². The van der Waals surface area contributed by atoms with Crippen molar-refractivity contribution in [2.75, 3.05) is 4.72 Å². The first kappa shape index (κ1) is 11.1. The van der Waals surface area contributed by atoms with Gasteiger partial charge in [0, 0.05) is 24.8 Å². The molecule has 0 bridgehead atoms. The molecule has 0 saturated carbocycles. The molecule has 2 aromatic rings. The fraction of sp³-hybridized carbons (Fsp3) is 0.250. The van der Waals surface area contributed by atoms with Crippen molar-refractivity contribution < 1.29 is 8.42 Å². The lowest BCUT2D eigenvalue weighted by Crippen LogP contribution is -2.13. The van der Waals surface area contributed by atoms with Gasteiger partial charge in [-0.1, -0.05) is 0 Å². The van der Waals surface area contributed by atoms with Crippen molar-refractivity contribution in [1.29, 1.82) is 0 Å².